The van der Waals surface area contributed by atoms with Crippen LogP contribution in [0.3, 0.4) is 0 Å². The van der Waals surface area contributed by atoms with Gasteiger partial charge in [0.05, 0.1) is 6.10 Å². The molecule has 82 valence electrons. The lowest BCUT2D eigenvalue weighted by molar-refractivity contribution is 0.196. The highest BCUT2D eigenvalue weighted by Crippen LogP contribution is 2.32. The second-order valence-corrected chi connectivity index (χ2v) is 4.67. The molecule has 1 atom stereocenters. The van der Waals surface area contributed by atoms with Crippen LogP contribution in [-0.2, 0) is 13.0 Å². The van der Waals surface area contributed by atoms with Crippen LogP contribution in [0.2, 0.25) is 5.02 Å². The summed E-state index contributed by atoms with van der Waals surface area (Å²) in [7, 11) is 2.11. The van der Waals surface area contributed by atoms with E-state index >= 15 is 0 Å². The minimum Gasteiger partial charge on any atom is -0.389 e. The molecule has 0 aromatic heterocycles. The fourth-order valence-electron chi connectivity index (χ4n) is 2.25. The molecule has 0 fully saturated rings. The topological polar surface area (TPSA) is 23.5 Å². The summed E-state index contributed by atoms with van der Waals surface area (Å²) < 4.78 is 0. The first-order valence-corrected chi connectivity index (χ1v) is 5.64. The van der Waals surface area contributed by atoms with Gasteiger partial charge in [-0.3, -0.25) is 0 Å². The van der Waals surface area contributed by atoms with Gasteiger partial charge in [-0.2, -0.15) is 0 Å². The molecule has 1 heterocycles. The van der Waals surface area contributed by atoms with E-state index in [0.717, 1.165) is 25.1 Å². The molecular formula is C12H16ClNO. The lowest BCUT2D eigenvalue weighted by Crippen LogP contribution is -2.27. The zero-order valence-corrected chi connectivity index (χ0v) is 9.88. The largest absolute Gasteiger partial charge is 0.389 e. The average Bonchev–Trinajstić information content (AvgIpc) is 2.17. The van der Waals surface area contributed by atoms with E-state index in [9.17, 15) is 5.11 Å². The lowest BCUT2D eigenvalue weighted by Gasteiger charge is -2.28. The van der Waals surface area contributed by atoms with Crippen molar-refractivity contribution >= 4 is 11.6 Å². The van der Waals surface area contributed by atoms with Gasteiger partial charge < -0.3 is 10.0 Å². The summed E-state index contributed by atoms with van der Waals surface area (Å²) in [5.41, 5.74) is 3.46. The fraction of sp³-hybridized carbons (Fsp3) is 0.500. The van der Waals surface area contributed by atoms with Crippen LogP contribution < -0.4 is 0 Å². The first-order chi connectivity index (χ1) is 7.09. The van der Waals surface area contributed by atoms with Gasteiger partial charge in [0.15, 0.2) is 0 Å². The van der Waals surface area contributed by atoms with E-state index < -0.39 is 6.10 Å². The van der Waals surface area contributed by atoms with E-state index in [1.165, 1.54) is 11.1 Å². The Balaban J connectivity index is 2.50. The van der Waals surface area contributed by atoms with Crippen molar-refractivity contribution < 1.29 is 5.11 Å². The molecule has 0 spiro atoms. The van der Waals surface area contributed by atoms with Crippen LogP contribution in [0.1, 0.15) is 29.7 Å². The van der Waals surface area contributed by atoms with Crippen LogP contribution in [0.15, 0.2) is 12.1 Å². The molecule has 0 saturated carbocycles. The highest BCUT2D eigenvalue weighted by molar-refractivity contribution is 6.31. The maximum absolute atomic E-state index is 9.73. The summed E-state index contributed by atoms with van der Waals surface area (Å²) in [6.45, 7) is 3.76. The first-order valence-electron chi connectivity index (χ1n) is 5.26. The number of aliphatic hydroxyl groups is 1. The summed E-state index contributed by atoms with van der Waals surface area (Å²) in [5, 5.41) is 10.4. The van der Waals surface area contributed by atoms with Gasteiger partial charge in [0.1, 0.15) is 0 Å². The number of hydrogen-bond acceptors (Lipinski definition) is 2. The SMILES string of the molecule is CC(O)c1c(Cl)ccc2c1CCN(C)C2. The molecule has 1 aliphatic rings. The highest BCUT2D eigenvalue weighted by Gasteiger charge is 2.20. The Hall–Kier alpha value is -0.570. The predicted molar refractivity (Wildman–Crippen MR) is 62.1 cm³/mol. The van der Waals surface area contributed by atoms with Crippen LogP contribution in [0, 0.1) is 0 Å². The third kappa shape index (κ3) is 2.03. The van der Waals surface area contributed by atoms with Crippen LogP contribution in [0.25, 0.3) is 0 Å². The molecule has 2 rings (SSSR count). The van der Waals surface area contributed by atoms with Gasteiger partial charge >= 0.3 is 0 Å². The van der Waals surface area contributed by atoms with Crippen molar-refractivity contribution in [3.8, 4) is 0 Å². The molecule has 2 nitrogen and oxygen atoms in total. The Morgan fingerprint density at radius 2 is 2.20 bits per heavy atom. The minimum atomic E-state index is -0.476. The summed E-state index contributed by atoms with van der Waals surface area (Å²) >= 11 is 6.12. The van der Waals surface area contributed by atoms with Crippen LogP contribution in [0.4, 0.5) is 0 Å². The molecule has 0 aliphatic carbocycles. The molecule has 1 aromatic rings. The Bertz CT molecular complexity index is 376. The van der Waals surface area contributed by atoms with Crippen molar-refractivity contribution in [1.82, 2.24) is 4.90 Å². The number of hydrogen-bond donors (Lipinski definition) is 1. The quantitative estimate of drug-likeness (QED) is 0.794. The smallest absolute Gasteiger partial charge is 0.0779 e. The molecule has 3 heteroatoms. The molecule has 15 heavy (non-hydrogen) atoms. The van der Waals surface area contributed by atoms with Crippen molar-refractivity contribution in [2.75, 3.05) is 13.6 Å². The zero-order chi connectivity index (χ0) is 11.0. The van der Waals surface area contributed by atoms with Crippen LogP contribution >= 0.6 is 11.6 Å². The van der Waals surface area contributed by atoms with Crippen molar-refractivity contribution in [1.29, 1.82) is 0 Å². The number of benzene rings is 1. The molecule has 0 radical (unpaired) electrons. The molecule has 1 aromatic carbocycles. The predicted octanol–water partition coefficient (Wildman–Crippen LogP) is 2.38. The summed E-state index contributed by atoms with van der Waals surface area (Å²) in [6.07, 6.45) is 0.503. The number of likely N-dealkylation sites (N-methyl/N-ethyl adjacent to an activating group) is 1. The minimum absolute atomic E-state index is 0.476. The molecule has 1 unspecified atom stereocenters. The summed E-state index contributed by atoms with van der Waals surface area (Å²) in [5.74, 6) is 0. The zero-order valence-electron chi connectivity index (χ0n) is 9.13. The number of nitrogens with zero attached hydrogens (tertiary/aromatic N) is 1. The number of halogens is 1. The second kappa shape index (κ2) is 4.12. The van der Waals surface area contributed by atoms with Crippen LogP contribution in [-0.4, -0.2) is 23.6 Å². The maximum Gasteiger partial charge on any atom is 0.0779 e. The normalized spacial score (nSPS) is 18.7. The first kappa shape index (κ1) is 10.9. The highest BCUT2D eigenvalue weighted by atomic mass is 35.5. The Kier molecular flexibility index (Phi) is 3.01. The summed E-state index contributed by atoms with van der Waals surface area (Å²) in [6, 6.07) is 3.96. The lowest BCUT2D eigenvalue weighted by atomic mass is 9.92. The number of fused-ring (bicyclic) bond motifs is 1. The summed E-state index contributed by atoms with van der Waals surface area (Å²) in [4.78, 5) is 2.28. The molecule has 1 N–H and O–H groups in total. The Labute approximate surface area is 95.5 Å². The standard InChI is InChI=1S/C12H16ClNO/c1-8(15)12-10-5-6-14(2)7-9(10)3-4-11(12)13/h3-4,8,15H,5-7H2,1-2H3. The van der Waals surface area contributed by atoms with Gasteiger partial charge in [-0.05, 0) is 37.6 Å². The number of aliphatic hydroxyl groups excluding tert-OH is 1. The van der Waals surface area contributed by atoms with Crippen molar-refractivity contribution in [2.24, 2.45) is 0 Å². The number of rotatable bonds is 1. The van der Waals surface area contributed by atoms with Gasteiger partial charge in [0, 0.05) is 23.7 Å². The van der Waals surface area contributed by atoms with Gasteiger partial charge in [0.2, 0.25) is 0 Å². The van der Waals surface area contributed by atoms with Gasteiger partial charge in [-0.15, -0.1) is 0 Å². The molecule has 1 aliphatic heterocycles. The van der Waals surface area contributed by atoms with Crippen LogP contribution in [0.5, 0.6) is 0 Å². The van der Waals surface area contributed by atoms with Gasteiger partial charge in [-0.1, -0.05) is 17.7 Å². The van der Waals surface area contributed by atoms with Gasteiger partial charge in [-0.25, -0.2) is 0 Å². The van der Waals surface area contributed by atoms with Crippen molar-refractivity contribution in [3.05, 3.63) is 33.8 Å². The monoisotopic (exact) mass is 225 g/mol. The van der Waals surface area contributed by atoms with Crippen molar-refractivity contribution in [3.63, 3.8) is 0 Å². The second-order valence-electron chi connectivity index (χ2n) is 4.26. The average molecular weight is 226 g/mol. The molecule has 0 bridgehead atoms. The third-order valence-corrected chi connectivity index (χ3v) is 3.33. The Morgan fingerprint density at radius 1 is 1.47 bits per heavy atom. The van der Waals surface area contributed by atoms with Crippen molar-refractivity contribution in [2.45, 2.75) is 26.0 Å². The van der Waals surface area contributed by atoms with E-state index in [1.54, 1.807) is 6.92 Å². The third-order valence-electron chi connectivity index (χ3n) is 3.00. The fourth-order valence-corrected chi connectivity index (χ4v) is 2.58. The Morgan fingerprint density at radius 3 is 2.87 bits per heavy atom. The molecule has 0 amide bonds. The van der Waals surface area contributed by atoms with E-state index in [1.807, 2.05) is 6.07 Å². The molecule has 0 saturated heterocycles. The molecular weight excluding hydrogens is 210 g/mol. The van der Waals surface area contributed by atoms with E-state index in [0.29, 0.717) is 5.02 Å². The van der Waals surface area contributed by atoms with E-state index in [2.05, 4.69) is 18.0 Å². The van der Waals surface area contributed by atoms with E-state index in [4.69, 9.17) is 11.6 Å². The van der Waals surface area contributed by atoms with E-state index in [-0.39, 0.29) is 0 Å². The van der Waals surface area contributed by atoms with Gasteiger partial charge in [0.25, 0.3) is 0 Å². The maximum atomic E-state index is 9.73.